The first-order valence-electron chi connectivity index (χ1n) is 8.61. The van der Waals surface area contributed by atoms with Crippen LogP contribution in [0.3, 0.4) is 0 Å². The number of benzene rings is 2. The molecule has 4 N–H and O–H groups in total. The number of rotatable bonds is 8. The zero-order valence-corrected chi connectivity index (χ0v) is 15.6. The summed E-state index contributed by atoms with van der Waals surface area (Å²) in [5.74, 6) is 0.895. The van der Waals surface area contributed by atoms with Gasteiger partial charge in [0, 0.05) is 13.0 Å². The standard InChI is InChI=1S/C18H21NO5.C2H6O/c1-23-16-4-2-3-14(11-16)17(20)12-24-15-8-5-13(6-9-15)7-10-18(21)19-22;1-2-3/h2-6,8-9,11,17,20,22H,7,10,12H2,1H3,(H,19,21);3H,2H2,1H3. The number of hydrogen-bond donors (Lipinski definition) is 4. The molecule has 0 fully saturated rings. The molecule has 0 radical (unpaired) electrons. The quantitative estimate of drug-likeness (QED) is 0.415. The monoisotopic (exact) mass is 377 g/mol. The molecule has 0 aliphatic rings. The van der Waals surface area contributed by atoms with E-state index in [0.29, 0.717) is 17.9 Å². The fourth-order valence-electron chi connectivity index (χ4n) is 2.19. The Morgan fingerprint density at radius 3 is 2.41 bits per heavy atom. The molecule has 0 aliphatic heterocycles. The molecule has 0 spiro atoms. The van der Waals surface area contributed by atoms with E-state index in [1.165, 1.54) is 0 Å². The normalized spacial score (nSPS) is 11.0. The lowest BCUT2D eigenvalue weighted by Gasteiger charge is -2.14. The summed E-state index contributed by atoms with van der Waals surface area (Å²) >= 11 is 0. The summed E-state index contributed by atoms with van der Waals surface area (Å²) in [4.78, 5) is 11.0. The van der Waals surface area contributed by atoms with Gasteiger partial charge in [0.15, 0.2) is 0 Å². The van der Waals surface area contributed by atoms with Gasteiger partial charge in [0.25, 0.3) is 0 Å². The molecule has 0 heterocycles. The fraction of sp³-hybridized carbons (Fsp3) is 0.350. The van der Waals surface area contributed by atoms with E-state index in [2.05, 4.69) is 0 Å². The number of hydroxylamine groups is 1. The van der Waals surface area contributed by atoms with Gasteiger partial charge in [-0.05, 0) is 48.7 Å². The van der Waals surface area contributed by atoms with Crippen LogP contribution in [0.5, 0.6) is 11.5 Å². The van der Waals surface area contributed by atoms with Crippen LogP contribution in [0, 0.1) is 0 Å². The van der Waals surface area contributed by atoms with Crippen molar-refractivity contribution in [1.29, 1.82) is 0 Å². The highest BCUT2D eigenvalue weighted by molar-refractivity contribution is 5.74. The Morgan fingerprint density at radius 1 is 1.15 bits per heavy atom. The molecular formula is C20H27NO6. The first-order valence-corrected chi connectivity index (χ1v) is 8.61. The fourth-order valence-corrected chi connectivity index (χ4v) is 2.19. The van der Waals surface area contributed by atoms with Crippen LogP contribution in [-0.2, 0) is 11.2 Å². The van der Waals surface area contributed by atoms with Crippen molar-refractivity contribution in [3.05, 3.63) is 59.7 Å². The maximum atomic E-state index is 11.0. The third-order valence-corrected chi connectivity index (χ3v) is 3.58. The Labute approximate surface area is 159 Å². The summed E-state index contributed by atoms with van der Waals surface area (Å²) in [5, 5.41) is 26.2. The van der Waals surface area contributed by atoms with E-state index in [1.807, 2.05) is 30.3 Å². The maximum Gasteiger partial charge on any atom is 0.243 e. The first kappa shape index (κ1) is 22.4. The van der Waals surface area contributed by atoms with Crippen LogP contribution in [-0.4, -0.2) is 41.7 Å². The third-order valence-electron chi connectivity index (χ3n) is 3.58. The van der Waals surface area contributed by atoms with Crippen LogP contribution >= 0.6 is 0 Å². The number of carbonyl (C=O) groups is 1. The maximum absolute atomic E-state index is 11.0. The smallest absolute Gasteiger partial charge is 0.243 e. The Bertz CT molecular complexity index is 674. The van der Waals surface area contributed by atoms with Crippen LogP contribution in [0.2, 0.25) is 0 Å². The highest BCUT2D eigenvalue weighted by Gasteiger charge is 2.09. The molecule has 2 aromatic carbocycles. The molecule has 1 unspecified atom stereocenters. The molecule has 0 bridgehead atoms. The number of aryl methyl sites for hydroxylation is 1. The largest absolute Gasteiger partial charge is 0.497 e. The number of hydrogen-bond acceptors (Lipinski definition) is 6. The van der Waals surface area contributed by atoms with E-state index in [0.717, 1.165) is 11.1 Å². The van der Waals surface area contributed by atoms with Crippen LogP contribution in [0.15, 0.2) is 48.5 Å². The second kappa shape index (κ2) is 12.7. The van der Waals surface area contributed by atoms with E-state index < -0.39 is 12.0 Å². The molecule has 0 aliphatic carbocycles. The van der Waals surface area contributed by atoms with Crippen molar-refractivity contribution in [3.63, 3.8) is 0 Å². The van der Waals surface area contributed by atoms with E-state index in [4.69, 9.17) is 19.8 Å². The minimum Gasteiger partial charge on any atom is -0.497 e. The molecule has 1 atom stereocenters. The van der Waals surface area contributed by atoms with Crippen molar-refractivity contribution < 1.29 is 29.7 Å². The van der Waals surface area contributed by atoms with Gasteiger partial charge >= 0.3 is 0 Å². The molecule has 1 amide bonds. The van der Waals surface area contributed by atoms with Gasteiger partial charge in [-0.15, -0.1) is 0 Å². The minimum atomic E-state index is -0.756. The number of nitrogens with one attached hydrogen (secondary N) is 1. The van der Waals surface area contributed by atoms with Gasteiger partial charge in [-0.2, -0.15) is 0 Å². The van der Waals surface area contributed by atoms with E-state index in [9.17, 15) is 9.90 Å². The first-order chi connectivity index (χ1) is 13.0. The van der Waals surface area contributed by atoms with E-state index in [1.54, 1.807) is 37.7 Å². The highest BCUT2D eigenvalue weighted by Crippen LogP contribution is 2.21. The van der Waals surface area contributed by atoms with Crippen molar-refractivity contribution in [1.82, 2.24) is 5.48 Å². The van der Waals surface area contributed by atoms with Crippen molar-refractivity contribution in [2.45, 2.75) is 25.9 Å². The van der Waals surface area contributed by atoms with Crippen molar-refractivity contribution in [2.75, 3.05) is 20.3 Å². The van der Waals surface area contributed by atoms with Crippen LogP contribution in [0.1, 0.15) is 30.6 Å². The summed E-state index contributed by atoms with van der Waals surface area (Å²) in [5.41, 5.74) is 3.28. The van der Waals surface area contributed by atoms with Crippen LogP contribution < -0.4 is 15.0 Å². The molecule has 0 aromatic heterocycles. The SMILES string of the molecule is CCO.COc1cccc(C(O)COc2ccc(CCC(=O)NO)cc2)c1. The van der Waals surface area contributed by atoms with Crippen molar-refractivity contribution in [2.24, 2.45) is 0 Å². The Hall–Kier alpha value is -2.61. The van der Waals surface area contributed by atoms with E-state index in [-0.39, 0.29) is 19.6 Å². The minimum absolute atomic E-state index is 0.124. The second-order valence-corrected chi connectivity index (χ2v) is 5.60. The molecule has 27 heavy (non-hydrogen) atoms. The lowest BCUT2D eigenvalue weighted by atomic mass is 10.1. The van der Waals surface area contributed by atoms with Crippen molar-refractivity contribution in [3.8, 4) is 11.5 Å². The number of carbonyl (C=O) groups excluding carboxylic acids is 1. The number of methoxy groups -OCH3 is 1. The van der Waals surface area contributed by atoms with E-state index >= 15 is 0 Å². The molecule has 2 rings (SSSR count). The van der Waals surface area contributed by atoms with Crippen LogP contribution in [0.25, 0.3) is 0 Å². The molecule has 2 aromatic rings. The molecule has 7 nitrogen and oxygen atoms in total. The van der Waals surface area contributed by atoms with Gasteiger partial charge in [-0.3, -0.25) is 10.0 Å². The highest BCUT2D eigenvalue weighted by atomic mass is 16.5. The summed E-state index contributed by atoms with van der Waals surface area (Å²) in [7, 11) is 1.58. The lowest BCUT2D eigenvalue weighted by Crippen LogP contribution is -2.18. The number of ether oxygens (including phenoxy) is 2. The number of amides is 1. The van der Waals surface area contributed by atoms with Gasteiger partial charge in [0.1, 0.15) is 24.2 Å². The number of aliphatic hydroxyl groups is 2. The molecule has 7 heteroatoms. The molecule has 0 saturated heterocycles. The summed E-state index contributed by atoms with van der Waals surface area (Å²) in [6.07, 6.45) is -0.0160. The lowest BCUT2D eigenvalue weighted by molar-refractivity contribution is -0.129. The predicted octanol–water partition coefficient (Wildman–Crippen LogP) is 2.24. The molecular weight excluding hydrogens is 350 g/mol. The number of aliphatic hydroxyl groups excluding tert-OH is 2. The summed E-state index contributed by atoms with van der Waals surface area (Å²) in [6.45, 7) is 2.05. The molecule has 0 saturated carbocycles. The summed E-state index contributed by atoms with van der Waals surface area (Å²) < 4.78 is 10.7. The average Bonchev–Trinajstić information content (AvgIpc) is 2.71. The third kappa shape index (κ3) is 8.54. The van der Waals surface area contributed by atoms with Gasteiger partial charge in [-0.25, -0.2) is 5.48 Å². The van der Waals surface area contributed by atoms with Gasteiger partial charge in [0.2, 0.25) is 5.91 Å². The van der Waals surface area contributed by atoms with Gasteiger partial charge in [-0.1, -0.05) is 24.3 Å². The molecule has 148 valence electrons. The predicted molar refractivity (Wildman–Crippen MR) is 101 cm³/mol. The summed E-state index contributed by atoms with van der Waals surface area (Å²) in [6, 6.07) is 14.5. The topological polar surface area (TPSA) is 108 Å². The second-order valence-electron chi connectivity index (χ2n) is 5.60. The van der Waals surface area contributed by atoms with Crippen molar-refractivity contribution >= 4 is 5.91 Å². The van der Waals surface area contributed by atoms with Gasteiger partial charge < -0.3 is 19.7 Å². The van der Waals surface area contributed by atoms with Crippen LogP contribution in [0.4, 0.5) is 0 Å². The Balaban J connectivity index is 0.00000114. The van der Waals surface area contributed by atoms with Gasteiger partial charge in [0.05, 0.1) is 7.11 Å². The zero-order chi connectivity index (χ0) is 20.1. The zero-order valence-electron chi connectivity index (χ0n) is 15.6. The average molecular weight is 377 g/mol. The Kier molecular flexibility index (Phi) is 10.5. The Morgan fingerprint density at radius 2 is 1.81 bits per heavy atom.